The van der Waals surface area contributed by atoms with Gasteiger partial charge < -0.3 is 15.0 Å². The number of hydrogen-bond acceptors (Lipinski definition) is 3. The SMILES string of the molecule is CC1Oc2ccccc2N(CCC(=O)Nc2ccccc2C(C)C)C1=O. The predicted molar refractivity (Wildman–Crippen MR) is 103 cm³/mol. The molecule has 1 aliphatic heterocycles. The molecule has 0 fully saturated rings. The van der Waals surface area contributed by atoms with Crippen molar-refractivity contribution in [1.82, 2.24) is 0 Å². The molecule has 136 valence electrons. The highest BCUT2D eigenvalue weighted by Crippen LogP contribution is 2.33. The van der Waals surface area contributed by atoms with E-state index in [2.05, 4.69) is 19.2 Å². The van der Waals surface area contributed by atoms with Crippen LogP contribution in [0.5, 0.6) is 5.75 Å². The first kappa shape index (κ1) is 18.0. The quantitative estimate of drug-likeness (QED) is 0.886. The molecule has 26 heavy (non-hydrogen) atoms. The predicted octanol–water partition coefficient (Wildman–Crippen LogP) is 3.95. The molecular weight excluding hydrogens is 328 g/mol. The van der Waals surface area contributed by atoms with E-state index in [1.165, 1.54) is 0 Å². The van der Waals surface area contributed by atoms with Crippen molar-refractivity contribution in [2.45, 2.75) is 39.2 Å². The molecule has 2 amide bonds. The molecule has 0 aliphatic carbocycles. The van der Waals surface area contributed by atoms with Crippen molar-refractivity contribution >= 4 is 23.2 Å². The molecule has 1 aliphatic rings. The summed E-state index contributed by atoms with van der Waals surface area (Å²) >= 11 is 0. The van der Waals surface area contributed by atoms with Crippen LogP contribution in [0.1, 0.15) is 38.7 Å². The van der Waals surface area contributed by atoms with Gasteiger partial charge in [0, 0.05) is 18.7 Å². The summed E-state index contributed by atoms with van der Waals surface area (Å²) in [7, 11) is 0. The lowest BCUT2D eigenvalue weighted by molar-refractivity contribution is -0.125. The molecule has 5 nitrogen and oxygen atoms in total. The first-order valence-electron chi connectivity index (χ1n) is 8.93. The number of hydrogen-bond donors (Lipinski definition) is 1. The molecule has 1 atom stereocenters. The molecule has 2 aromatic carbocycles. The molecule has 0 saturated carbocycles. The topological polar surface area (TPSA) is 58.6 Å². The molecule has 5 heteroatoms. The Morgan fingerprint density at radius 1 is 1.15 bits per heavy atom. The molecular formula is C21H24N2O3. The van der Waals surface area contributed by atoms with Crippen molar-refractivity contribution in [3.63, 3.8) is 0 Å². The number of carbonyl (C=O) groups is 2. The van der Waals surface area contributed by atoms with Gasteiger partial charge in [-0.15, -0.1) is 0 Å². The molecule has 1 N–H and O–H groups in total. The van der Waals surface area contributed by atoms with Crippen LogP contribution in [0.3, 0.4) is 0 Å². The molecule has 0 aromatic heterocycles. The highest BCUT2D eigenvalue weighted by atomic mass is 16.5. The monoisotopic (exact) mass is 352 g/mol. The number of carbonyl (C=O) groups excluding carboxylic acids is 2. The standard InChI is InChI=1S/C21H24N2O3/c1-14(2)16-8-4-5-9-17(16)22-20(24)12-13-23-18-10-6-7-11-19(18)26-15(3)21(23)25/h4-11,14-15H,12-13H2,1-3H3,(H,22,24). The molecule has 0 radical (unpaired) electrons. The first-order valence-corrected chi connectivity index (χ1v) is 8.93. The average molecular weight is 352 g/mol. The van der Waals surface area contributed by atoms with Gasteiger partial charge in [0.1, 0.15) is 5.75 Å². The van der Waals surface area contributed by atoms with E-state index < -0.39 is 6.10 Å². The fraction of sp³-hybridized carbons (Fsp3) is 0.333. The fourth-order valence-corrected chi connectivity index (χ4v) is 3.13. The average Bonchev–Trinajstić information content (AvgIpc) is 2.62. The maximum atomic E-state index is 12.5. The minimum Gasteiger partial charge on any atom is -0.479 e. The van der Waals surface area contributed by atoms with Crippen LogP contribution < -0.4 is 15.0 Å². The van der Waals surface area contributed by atoms with Crippen LogP contribution in [-0.4, -0.2) is 24.5 Å². The second-order valence-corrected chi connectivity index (χ2v) is 6.76. The largest absolute Gasteiger partial charge is 0.479 e. The van der Waals surface area contributed by atoms with Crippen LogP contribution in [0, 0.1) is 0 Å². The zero-order chi connectivity index (χ0) is 18.7. The fourth-order valence-electron chi connectivity index (χ4n) is 3.13. The minimum absolute atomic E-state index is 0.109. The summed E-state index contributed by atoms with van der Waals surface area (Å²) in [5, 5.41) is 2.97. The van der Waals surface area contributed by atoms with Crippen LogP contribution in [-0.2, 0) is 9.59 Å². The highest BCUT2D eigenvalue weighted by Gasteiger charge is 2.31. The summed E-state index contributed by atoms with van der Waals surface area (Å²) in [4.78, 5) is 26.6. The second kappa shape index (κ2) is 7.60. The van der Waals surface area contributed by atoms with E-state index in [4.69, 9.17) is 4.74 Å². The number of benzene rings is 2. The van der Waals surface area contributed by atoms with Crippen molar-refractivity contribution in [3.8, 4) is 5.75 Å². The Labute approximate surface area is 154 Å². The van der Waals surface area contributed by atoms with Gasteiger partial charge in [-0.05, 0) is 36.6 Å². The molecule has 3 rings (SSSR count). The zero-order valence-electron chi connectivity index (χ0n) is 15.4. The summed E-state index contributed by atoms with van der Waals surface area (Å²) in [6.07, 6.45) is -0.325. The van der Waals surface area contributed by atoms with Crippen LogP contribution in [0.2, 0.25) is 0 Å². The number of nitrogens with zero attached hydrogens (tertiary/aromatic N) is 1. The maximum Gasteiger partial charge on any atom is 0.267 e. The zero-order valence-corrected chi connectivity index (χ0v) is 15.4. The number of rotatable bonds is 5. The Balaban J connectivity index is 1.69. The molecule has 0 bridgehead atoms. The third kappa shape index (κ3) is 3.72. The van der Waals surface area contributed by atoms with Gasteiger partial charge in [-0.25, -0.2) is 0 Å². The Bertz CT molecular complexity index is 816. The number of nitrogens with one attached hydrogen (secondary N) is 1. The number of amides is 2. The number of para-hydroxylation sites is 3. The van der Waals surface area contributed by atoms with Crippen LogP contribution in [0.4, 0.5) is 11.4 Å². The Kier molecular flexibility index (Phi) is 5.26. The van der Waals surface area contributed by atoms with Crippen molar-refractivity contribution in [1.29, 1.82) is 0 Å². The Hall–Kier alpha value is -2.82. The second-order valence-electron chi connectivity index (χ2n) is 6.76. The number of ether oxygens (including phenoxy) is 1. The van der Waals surface area contributed by atoms with E-state index in [0.717, 1.165) is 11.3 Å². The van der Waals surface area contributed by atoms with Crippen molar-refractivity contribution in [3.05, 3.63) is 54.1 Å². The summed E-state index contributed by atoms with van der Waals surface area (Å²) in [6, 6.07) is 15.2. The summed E-state index contributed by atoms with van der Waals surface area (Å²) in [5.41, 5.74) is 2.64. The van der Waals surface area contributed by atoms with E-state index in [1.807, 2.05) is 48.5 Å². The minimum atomic E-state index is -0.547. The van der Waals surface area contributed by atoms with Gasteiger partial charge in [-0.3, -0.25) is 9.59 Å². The van der Waals surface area contributed by atoms with Crippen molar-refractivity contribution in [2.75, 3.05) is 16.8 Å². The summed E-state index contributed by atoms with van der Waals surface area (Å²) in [5.74, 6) is 0.756. The third-order valence-corrected chi connectivity index (χ3v) is 4.49. The molecule has 1 unspecified atom stereocenters. The van der Waals surface area contributed by atoms with Gasteiger partial charge in [0.2, 0.25) is 5.91 Å². The number of anilines is 2. The van der Waals surface area contributed by atoms with Gasteiger partial charge >= 0.3 is 0 Å². The van der Waals surface area contributed by atoms with Crippen molar-refractivity contribution in [2.24, 2.45) is 0 Å². The normalized spacial score (nSPS) is 16.2. The van der Waals surface area contributed by atoms with Gasteiger partial charge in [0.25, 0.3) is 5.91 Å². The molecule has 2 aromatic rings. The highest BCUT2D eigenvalue weighted by molar-refractivity contribution is 6.01. The molecule has 1 heterocycles. The molecule has 0 saturated heterocycles. The van der Waals surface area contributed by atoms with E-state index in [-0.39, 0.29) is 18.2 Å². The van der Waals surface area contributed by atoms with Crippen LogP contribution in [0.25, 0.3) is 0 Å². The van der Waals surface area contributed by atoms with Crippen molar-refractivity contribution < 1.29 is 14.3 Å². The number of fused-ring (bicyclic) bond motifs is 1. The summed E-state index contributed by atoms with van der Waals surface area (Å²) in [6.45, 7) is 6.23. The lowest BCUT2D eigenvalue weighted by atomic mass is 10.0. The van der Waals surface area contributed by atoms with Gasteiger partial charge in [-0.1, -0.05) is 44.2 Å². The van der Waals surface area contributed by atoms with Crippen LogP contribution in [0.15, 0.2) is 48.5 Å². The van der Waals surface area contributed by atoms with E-state index in [0.29, 0.717) is 23.9 Å². The summed E-state index contributed by atoms with van der Waals surface area (Å²) < 4.78 is 5.63. The van der Waals surface area contributed by atoms with Gasteiger partial charge in [-0.2, -0.15) is 0 Å². The maximum absolute atomic E-state index is 12.5. The van der Waals surface area contributed by atoms with E-state index >= 15 is 0 Å². The Morgan fingerprint density at radius 2 is 1.85 bits per heavy atom. The Morgan fingerprint density at radius 3 is 2.62 bits per heavy atom. The van der Waals surface area contributed by atoms with Gasteiger partial charge in [0.05, 0.1) is 5.69 Å². The van der Waals surface area contributed by atoms with Gasteiger partial charge in [0.15, 0.2) is 6.10 Å². The first-order chi connectivity index (χ1) is 12.5. The third-order valence-electron chi connectivity index (χ3n) is 4.49. The van der Waals surface area contributed by atoms with E-state index in [9.17, 15) is 9.59 Å². The smallest absolute Gasteiger partial charge is 0.267 e. The van der Waals surface area contributed by atoms with E-state index in [1.54, 1.807) is 11.8 Å². The lowest BCUT2D eigenvalue weighted by Gasteiger charge is -2.32. The lowest BCUT2D eigenvalue weighted by Crippen LogP contribution is -2.45. The van der Waals surface area contributed by atoms with Crippen LogP contribution >= 0.6 is 0 Å². The molecule has 0 spiro atoms.